The predicted octanol–water partition coefficient (Wildman–Crippen LogP) is 4.23. The van der Waals surface area contributed by atoms with Crippen LogP contribution in [0.5, 0.6) is 0 Å². The van der Waals surface area contributed by atoms with Crippen molar-refractivity contribution in [2.45, 2.75) is 19.1 Å². The highest BCUT2D eigenvalue weighted by atomic mass is 32.2. The summed E-state index contributed by atoms with van der Waals surface area (Å²) in [5, 5.41) is 11.5. The number of anilines is 3. The molecule has 0 amide bonds. The standard InChI is InChI=1S/C23H26N6O2S/c1-14-19-11-8-17(12-21(19)28-29(14)4)20-13-25-23(27-22(20)24-3)26-18-9-6-16(7-10-18)15(2)32(5,30)31/h6-13,15H,1-5H3,(H2,24,25,26,27). The van der Waals surface area contributed by atoms with E-state index in [9.17, 15) is 8.42 Å². The highest BCUT2D eigenvalue weighted by Crippen LogP contribution is 2.30. The number of sulfone groups is 1. The fourth-order valence-corrected chi connectivity index (χ4v) is 4.21. The van der Waals surface area contributed by atoms with Crippen LogP contribution in [-0.2, 0) is 16.9 Å². The van der Waals surface area contributed by atoms with Gasteiger partial charge in [0, 0.05) is 48.9 Å². The van der Waals surface area contributed by atoms with Gasteiger partial charge >= 0.3 is 0 Å². The van der Waals surface area contributed by atoms with Gasteiger partial charge in [0.15, 0.2) is 9.84 Å². The molecular formula is C23H26N6O2S. The Balaban J connectivity index is 1.60. The van der Waals surface area contributed by atoms with Crippen molar-refractivity contribution >= 4 is 38.2 Å². The zero-order valence-corrected chi connectivity index (χ0v) is 19.5. The number of benzene rings is 2. The van der Waals surface area contributed by atoms with E-state index in [1.54, 1.807) is 25.3 Å². The van der Waals surface area contributed by atoms with Gasteiger partial charge in [-0.3, -0.25) is 4.68 Å². The average Bonchev–Trinajstić information content (AvgIpc) is 3.06. The molecule has 0 aliphatic rings. The van der Waals surface area contributed by atoms with Gasteiger partial charge in [0.2, 0.25) is 5.95 Å². The quantitative estimate of drug-likeness (QED) is 0.453. The first-order valence-corrected chi connectivity index (χ1v) is 12.2. The molecule has 2 aromatic carbocycles. The smallest absolute Gasteiger partial charge is 0.229 e. The summed E-state index contributed by atoms with van der Waals surface area (Å²) in [6.07, 6.45) is 3.02. The number of nitrogens with zero attached hydrogens (tertiary/aromatic N) is 4. The van der Waals surface area contributed by atoms with Gasteiger partial charge in [-0.25, -0.2) is 13.4 Å². The first kappa shape index (κ1) is 21.8. The largest absolute Gasteiger partial charge is 0.372 e. The van der Waals surface area contributed by atoms with Crippen LogP contribution in [-0.4, -0.2) is 41.5 Å². The van der Waals surface area contributed by atoms with Crippen LogP contribution >= 0.6 is 0 Å². The minimum Gasteiger partial charge on any atom is -0.372 e. The van der Waals surface area contributed by atoms with Crippen molar-refractivity contribution < 1.29 is 8.42 Å². The molecular weight excluding hydrogens is 424 g/mol. The topological polar surface area (TPSA) is 102 Å². The monoisotopic (exact) mass is 450 g/mol. The number of aromatic nitrogens is 4. The summed E-state index contributed by atoms with van der Waals surface area (Å²) in [5.41, 5.74) is 5.41. The SMILES string of the molecule is CNc1nc(Nc2ccc(C(C)S(C)(=O)=O)cc2)ncc1-c1ccc2c(C)n(C)nc2c1. The minimum absolute atomic E-state index is 0.441. The fourth-order valence-electron chi connectivity index (χ4n) is 3.56. The summed E-state index contributed by atoms with van der Waals surface area (Å²) >= 11 is 0. The molecule has 1 unspecified atom stereocenters. The summed E-state index contributed by atoms with van der Waals surface area (Å²) in [4.78, 5) is 9.08. The van der Waals surface area contributed by atoms with Crippen molar-refractivity contribution in [3.8, 4) is 11.1 Å². The van der Waals surface area contributed by atoms with Crippen LogP contribution in [0.3, 0.4) is 0 Å². The Labute approximate surface area is 187 Å². The maximum Gasteiger partial charge on any atom is 0.229 e. The zero-order chi connectivity index (χ0) is 23.0. The normalized spacial score (nSPS) is 12.7. The van der Waals surface area contributed by atoms with Crippen molar-refractivity contribution in [2.24, 2.45) is 7.05 Å². The first-order valence-electron chi connectivity index (χ1n) is 10.2. The minimum atomic E-state index is -3.14. The molecule has 0 fully saturated rings. The number of fused-ring (bicyclic) bond motifs is 1. The lowest BCUT2D eigenvalue weighted by molar-refractivity contribution is 0.592. The molecule has 0 radical (unpaired) electrons. The molecule has 0 saturated carbocycles. The van der Waals surface area contributed by atoms with Crippen LogP contribution in [0.2, 0.25) is 0 Å². The van der Waals surface area contributed by atoms with Gasteiger partial charge in [0.05, 0.1) is 10.8 Å². The molecule has 1 atom stereocenters. The van der Waals surface area contributed by atoms with E-state index in [0.717, 1.165) is 39.0 Å². The molecule has 4 aromatic rings. The highest BCUT2D eigenvalue weighted by molar-refractivity contribution is 7.90. The van der Waals surface area contributed by atoms with E-state index in [1.165, 1.54) is 6.26 Å². The van der Waals surface area contributed by atoms with Crippen LogP contribution in [0.15, 0.2) is 48.7 Å². The van der Waals surface area contributed by atoms with Crippen molar-refractivity contribution in [3.63, 3.8) is 0 Å². The molecule has 166 valence electrons. The molecule has 2 heterocycles. The van der Waals surface area contributed by atoms with Gasteiger partial charge in [-0.05, 0) is 43.2 Å². The van der Waals surface area contributed by atoms with E-state index >= 15 is 0 Å². The van der Waals surface area contributed by atoms with E-state index < -0.39 is 15.1 Å². The van der Waals surface area contributed by atoms with Crippen LogP contribution in [0, 0.1) is 6.92 Å². The Bertz CT molecular complexity index is 1390. The summed E-state index contributed by atoms with van der Waals surface area (Å²) in [6, 6.07) is 13.4. The lowest BCUT2D eigenvalue weighted by Crippen LogP contribution is -2.07. The third-order valence-corrected chi connectivity index (χ3v) is 7.30. The number of hydrogen-bond donors (Lipinski definition) is 2. The molecule has 0 bridgehead atoms. The molecule has 2 aromatic heterocycles. The number of rotatable bonds is 6. The Morgan fingerprint density at radius 1 is 1.09 bits per heavy atom. The van der Waals surface area contributed by atoms with Gasteiger partial charge in [-0.15, -0.1) is 0 Å². The second-order valence-corrected chi connectivity index (χ2v) is 10.2. The third kappa shape index (κ3) is 4.16. The van der Waals surface area contributed by atoms with Gasteiger partial charge in [0.25, 0.3) is 0 Å². The van der Waals surface area contributed by atoms with Crippen LogP contribution in [0.1, 0.15) is 23.4 Å². The highest BCUT2D eigenvalue weighted by Gasteiger charge is 2.17. The lowest BCUT2D eigenvalue weighted by atomic mass is 10.1. The molecule has 2 N–H and O–H groups in total. The molecule has 8 nitrogen and oxygen atoms in total. The van der Waals surface area contributed by atoms with Gasteiger partial charge in [0.1, 0.15) is 5.82 Å². The Hall–Kier alpha value is -3.46. The molecule has 0 saturated heterocycles. The Kier molecular flexibility index (Phi) is 5.60. The van der Waals surface area contributed by atoms with Crippen LogP contribution < -0.4 is 10.6 Å². The van der Waals surface area contributed by atoms with Gasteiger partial charge in [-0.1, -0.05) is 24.3 Å². The summed E-state index contributed by atoms with van der Waals surface area (Å²) < 4.78 is 25.4. The van der Waals surface area contributed by atoms with Crippen molar-refractivity contribution in [1.82, 2.24) is 19.7 Å². The lowest BCUT2D eigenvalue weighted by Gasteiger charge is -2.13. The van der Waals surface area contributed by atoms with Crippen LogP contribution in [0.4, 0.5) is 17.5 Å². The Morgan fingerprint density at radius 3 is 2.47 bits per heavy atom. The molecule has 0 spiro atoms. The molecule has 32 heavy (non-hydrogen) atoms. The number of hydrogen-bond acceptors (Lipinski definition) is 7. The molecule has 9 heteroatoms. The zero-order valence-electron chi connectivity index (χ0n) is 18.7. The molecule has 0 aliphatic heterocycles. The third-order valence-electron chi connectivity index (χ3n) is 5.75. The first-order chi connectivity index (χ1) is 15.2. The summed E-state index contributed by atoms with van der Waals surface area (Å²) in [5.74, 6) is 1.13. The van der Waals surface area contributed by atoms with Crippen LogP contribution in [0.25, 0.3) is 22.0 Å². The van der Waals surface area contributed by atoms with E-state index in [4.69, 9.17) is 0 Å². The Morgan fingerprint density at radius 2 is 1.81 bits per heavy atom. The fraction of sp³-hybridized carbons (Fsp3) is 0.261. The number of nitrogens with one attached hydrogen (secondary N) is 2. The maximum atomic E-state index is 11.8. The van der Waals surface area contributed by atoms with E-state index in [0.29, 0.717) is 11.8 Å². The molecule has 4 rings (SSSR count). The van der Waals surface area contributed by atoms with Gasteiger partial charge in [-0.2, -0.15) is 10.1 Å². The number of aryl methyl sites for hydroxylation is 2. The second-order valence-electron chi connectivity index (χ2n) is 7.87. The second kappa shape index (κ2) is 8.23. The van der Waals surface area contributed by atoms with E-state index in [-0.39, 0.29) is 0 Å². The van der Waals surface area contributed by atoms with Crippen molar-refractivity contribution in [1.29, 1.82) is 0 Å². The predicted molar refractivity (Wildman–Crippen MR) is 129 cm³/mol. The summed E-state index contributed by atoms with van der Waals surface area (Å²) in [6.45, 7) is 3.73. The van der Waals surface area contributed by atoms with Crippen molar-refractivity contribution in [2.75, 3.05) is 23.9 Å². The summed E-state index contributed by atoms with van der Waals surface area (Å²) in [7, 11) is 0.614. The van der Waals surface area contributed by atoms with Gasteiger partial charge < -0.3 is 10.6 Å². The average molecular weight is 451 g/mol. The van der Waals surface area contributed by atoms with E-state index in [1.807, 2.05) is 50.0 Å². The maximum absolute atomic E-state index is 11.8. The molecule has 0 aliphatic carbocycles. The van der Waals surface area contributed by atoms with E-state index in [2.05, 4.69) is 31.8 Å². The van der Waals surface area contributed by atoms with Crippen molar-refractivity contribution in [3.05, 3.63) is 59.9 Å².